The number of benzene rings is 1. The largest absolute Gasteiger partial charge is 0.340 e. The van der Waals surface area contributed by atoms with Crippen LogP contribution in [0.4, 0.5) is 0 Å². The van der Waals surface area contributed by atoms with Crippen molar-refractivity contribution >= 4 is 5.91 Å². The van der Waals surface area contributed by atoms with Gasteiger partial charge >= 0.3 is 0 Å². The van der Waals surface area contributed by atoms with Crippen molar-refractivity contribution in [3.63, 3.8) is 0 Å². The first kappa shape index (κ1) is 18.3. The Hall–Kier alpha value is -2.10. The highest BCUT2D eigenvalue weighted by Gasteiger charge is 2.34. The second-order valence-electron chi connectivity index (χ2n) is 8.57. The van der Waals surface area contributed by atoms with Gasteiger partial charge < -0.3 is 9.47 Å². The van der Waals surface area contributed by atoms with Crippen molar-refractivity contribution in [2.75, 3.05) is 0 Å². The van der Waals surface area contributed by atoms with E-state index in [1.54, 1.807) is 0 Å². The number of nitrogens with zero attached hydrogens (tertiary/aromatic N) is 3. The molecule has 2 aliphatic rings. The van der Waals surface area contributed by atoms with Gasteiger partial charge in [0.15, 0.2) is 0 Å². The van der Waals surface area contributed by atoms with Crippen molar-refractivity contribution in [2.24, 2.45) is 18.9 Å². The topological polar surface area (TPSA) is 38.1 Å². The summed E-state index contributed by atoms with van der Waals surface area (Å²) in [5.41, 5.74) is 2.47. The smallest absolute Gasteiger partial charge is 0.223 e. The third kappa shape index (κ3) is 4.60. The van der Waals surface area contributed by atoms with Crippen molar-refractivity contribution in [3.05, 3.63) is 54.1 Å². The van der Waals surface area contributed by atoms with Gasteiger partial charge in [0.2, 0.25) is 5.91 Å². The lowest BCUT2D eigenvalue weighted by Crippen LogP contribution is -2.34. The minimum absolute atomic E-state index is 0.338. The highest BCUT2D eigenvalue weighted by atomic mass is 16.2. The van der Waals surface area contributed by atoms with Gasteiger partial charge in [-0.25, -0.2) is 4.98 Å². The first-order chi connectivity index (χ1) is 13.2. The van der Waals surface area contributed by atoms with E-state index in [1.807, 2.05) is 24.0 Å². The number of likely N-dealkylation sites (tertiary alicyclic amines) is 1. The zero-order valence-electron chi connectivity index (χ0n) is 16.4. The summed E-state index contributed by atoms with van der Waals surface area (Å²) in [6.07, 6.45) is 13.4. The summed E-state index contributed by atoms with van der Waals surface area (Å²) in [4.78, 5) is 19.1. The molecule has 27 heavy (non-hydrogen) atoms. The molecule has 1 aliphatic carbocycles. The van der Waals surface area contributed by atoms with Crippen LogP contribution in [-0.4, -0.2) is 26.4 Å². The maximum atomic E-state index is 12.5. The number of amides is 1. The first-order valence-corrected chi connectivity index (χ1v) is 10.5. The molecule has 1 amide bonds. The zero-order valence-corrected chi connectivity index (χ0v) is 16.4. The number of hydrogen-bond donors (Lipinski definition) is 0. The normalized spacial score (nSPS) is 25.9. The van der Waals surface area contributed by atoms with E-state index < -0.39 is 0 Å². The highest BCUT2D eigenvalue weighted by Crippen LogP contribution is 2.36. The summed E-state index contributed by atoms with van der Waals surface area (Å²) in [7, 11) is 2.04. The van der Waals surface area contributed by atoms with E-state index in [-0.39, 0.29) is 0 Å². The molecule has 2 fully saturated rings. The Morgan fingerprint density at radius 1 is 1.11 bits per heavy atom. The van der Waals surface area contributed by atoms with Crippen LogP contribution in [0.2, 0.25) is 0 Å². The van der Waals surface area contributed by atoms with Gasteiger partial charge in [0, 0.05) is 32.3 Å². The number of rotatable bonds is 6. The number of aryl methyl sites for hydroxylation is 1. The molecule has 4 rings (SSSR count). The van der Waals surface area contributed by atoms with Gasteiger partial charge in [-0.1, -0.05) is 49.6 Å². The van der Waals surface area contributed by atoms with Crippen LogP contribution >= 0.6 is 0 Å². The van der Waals surface area contributed by atoms with Crippen molar-refractivity contribution < 1.29 is 4.79 Å². The van der Waals surface area contributed by atoms with E-state index in [1.165, 1.54) is 43.4 Å². The molecule has 1 aromatic carbocycles. The molecular formula is C23H31N3O. The average molecular weight is 366 g/mol. The Kier molecular flexibility index (Phi) is 5.61. The molecule has 0 N–H and O–H groups in total. The van der Waals surface area contributed by atoms with Crippen LogP contribution in [0.15, 0.2) is 42.9 Å². The lowest BCUT2D eigenvalue weighted by Gasteiger charge is -2.33. The van der Waals surface area contributed by atoms with Gasteiger partial charge in [0.25, 0.3) is 0 Å². The van der Waals surface area contributed by atoms with Gasteiger partial charge in [-0.2, -0.15) is 0 Å². The van der Waals surface area contributed by atoms with Crippen molar-refractivity contribution in [1.29, 1.82) is 0 Å². The zero-order chi connectivity index (χ0) is 18.6. The Morgan fingerprint density at radius 3 is 2.70 bits per heavy atom. The minimum Gasteiger partial charge on any atom is -0.340 e. The van der Waals surface area contributed by atoms with E-state index in [0.29, 0.717) is 11.9 Å². The molecule has 0 bridgehead atoms. The van der Waals surface area contributed by atoms with Crippen molar-refractivity contribution in [1.82, 2.24) is 14.5 Å². The van der Waals surface area contributed by atoms with E-state index >= 15 is 0 Å². The number of aromatic nitrogens is 2. The predicted molar refractivity (Wildman–Crippen MR) is 107 cm³/mol. The molecule has 1 saturated carbocycles. The number of carbonyl (C=O) groups excluding carboxylic acids is 1. The summed E-state index contributed by atoms with van der Waals surface area (Å²) in [5, 5.41) is 0. The maximum absolute atomic E-state index is 12.5. The summed E-state index contributed by atoms with van der Waals surface area (Å²) in [6.45, 7) is 0.772. The molecule has 4 heteroatoms. The molecule has 2 aromatic rings. The second kappa shape index (κ2) is 8.28. The Labute approximate surface area is 162 Å². The predicted octanol–water partition coefficient (Wildman–Crippen LogP) is 4.35. The number of imidazole rings is 1. The van der Waals surface area contributed by atoms with E-state index in [4.69, 9.17) is 0 Å². The van der Waals surface area contributed by atoms with Gasteiger partial charge in [0.1, 0.15) is 0 Å². The number of hydrogen-bond acceptors (Lipinski definition) is 2. The molecule has 0 unspecified atom stereocenters. The lowest BCUT2D eigenvalue weighted by molar-refractivity contribution is -0.129. The van der Waals surface area contributed by atoms with Crippen molar-refractivity contribution in [2.45, 2.75) is 64.0 Å². The molecule has 0 spiro atoms. The molecule has 4 nitrogen and oxygen atoms in total. The fraction of sp³-hybridized carbons (Fsp3) is 0.565. The molecule has 1 aliphatic heterocycles. The lowest BCUT2D eigenvalue weighted by atomic mass is 9.76. The van der Waals surface area contributed by atoms with Gasteiger partial charge in [-0.05, 0) is 43.1 Å². The molecular weight excluding hydrogens is 334 g/mol. The SMILES string of the molecule is Cn1cnc(C[C@@H]2CCC[C@H](C[C@@H]3CCC(=O)N3Cc3ccccc3)C2)c1. The van der Waals surface area contributed by atoms with Crippen LogP contribution < -0.4 is 0 Å². The highest BCUT2D eigenvalue weighted by molar-refractivity contribution is 5.78. The molecule has 1 saturated heterocycles. The Bertz CT molecular complexity index is 754. The van der Waals surface area contributed by atoms with Gasteiger partial charge in [-0.3, -0.25) is 4.79 Å². The van der Waals surface area contributed by atoms with E-state index in [2.05, 4.69) is 40.3 Å². The molecule has 144 valence electrons. The third-order valence-electron chi connectivity index (χ3n) is 6.40. The molecule has 3 atom stereocenters. The molecule has 1 aromatic heterocycles. The average Bonchev–Trinajstić information content (AvgIpc) is 3.23. The van der Waals surface area contributed by atoms with Crippen LogP contribution in [-0.2, 0) is 24.8 Å². The fourth-order valence-electron chi connectivity index (χ4n) is 5.09. The standard InChI is InChI=1S/C23H31N3O/c1-25-16-21(24-17-25)13-19-8-5-9-20(12-19)14-22-10-11-23(27)26(22)15-18-6-3-2-4-7-18/h2-4,6-7,16-17,19-20,22H,5,8-15H2,1H3/t19-,20+,22+/m1/s1. The summed E-state index contributed by atoms with van der Waals surface area (Å²) in [6, 6.07) is 10.9. The van der Waals surface area contributed by atoms with Crippen LogP contribution in [0.5, 0.6) is 0 Å². The fourth-order valence-corrected chi connectivity index (χ4v) is 5.09. The summed E-state index contributed by atoms with van der Waals surface area (Å²) in [5.74, 6) is 1.84. The second-order valence-corrected chi connectivity index (χ2v) is 8.57. The molecule has 0 radical (unpaired) electrons. The Balaban J connectivity index is 1.34. The van der Waals surface area contributed by atoms with Crippen LogP contribution in [0.1, 0.15) is 56.2 Å². The van der Waals surface area contributed by atoms with Gasteiger partial charge in [-0.15, -0.1) is 0 Å². The quantitative estimate of drug-likeness (QED) is 0.763. The van der Waals surface area contributed by atoms with Crippen LogP contribution in [0.25, 0.3) is 0 Å². The van der Waals surface area contributed by atoms with Crippen LogP contribution in [0.3, 0.4) is 0 Å². The minimum atomic E-state index is 0.338. The van der Waals surface area contributed by atoms with Gasteiger partial charge in [0.05, 0.1) is 12.0 Å². The first-order valence-electron chi connectivity index (χ1n) is 10.5. The summed E-state index contributed by atoms with van der Waals surface area (Å²) >= 11 is 0. The van der Waals surface area contributed by atoms with E-state index in [9.17, 15) is 4.79 Å². The third-order valence-corrected chi connectivity index (χ3v) is 6.40. The van der Waals surface area contributed by atoms with E-state index in [0.717, 1.165) is 37.6 Å². The number of carbonyl (C=O) groups is 1. The maximum Gasteiger partial charge on any atom is 0.223 e. The molecule has 2 heterocycles. The monoisotopic (exact) mass is 365 g/mol. The van der Waals surface area contributed by atoms with Crippen molar-refractivity contribution in [3.8, 4) is 0 Å². The summed E-state index contributed by atoms with van der Waals surface area (Å²) < 4.78 is 2.04. The van der Waals surface area contributed by atoms with Crippen LogP contribution in [0, 0.1) is 11.8 Å². The Morgan fingerprint density at radius 2 is 1.93 bits per heavy atom.